The number of aryl methyl sites for hydroxylation is 3. The predicted octanol–water partition coefficient (Wildman–Crippen LogP) is 6.93. The van der Waals surface area contributed by atoms with E-state index in [0.717, 1.165) is 25.3 Å². The van der Waals surface area contributed by atoms with E-state index in [-0.39, 0.29) is 5.16 Å². The molecule has 0 amide bonds. The Hall–Kier alpha value is -2.15. The summed E-state index contributed by atoms with van der Waals surface area (Å²) in [6.07, 6.45) is 1.06. The fraction of sp³-hybridized carbons (Fsp3) is 0.379. The molecule has 1 N–H and O–H groups in total. The lowest BCUT2D eigenvalue weighted by Gasteiger charge is -2.33. The summed E-state index contributed by atoms with van der Waals surface area (Å²) in [5.74, 6) is 1.05. The molecule has 0 spiro atoms. The van der Waals surface area contributed by atoms with Crippen LogP contribution in [0.4, 0.5) is 0 Å². The zero-order chi connectivity index (χ0) is 23.1. The molecule has 3 heteroatoms. The molecule has 0 aliphatic heterocycles. The predicted molar refractivity (Wildman–Crippen MR) is 141 cm³/mol. The summed E-state index contributed by atoms with van der Waals surface area (Å²) in [7, 11) is 0.675. The lowest BCUT2D eigenvalue weighted by Crippen LogP contribution is -2.25. The molecule has 170 valence electrons. The summed E-state index contributed by atoms with van der Waals surface area (Å²) < 4.78 is 6.51. The van der Waals surface area contributed by atoms with E-state index < -0.39 is 0 Å². The van der Waals surface area contributed by atoms with E-state index >= 15 is 0 Å². The fourth-order valence-corrected chi connectivity index (χ4v) is 5.88. The average molecular weight is 448 g/mol. The van der Waals surface area contributed by atoms with Gasteiger partial charge in [0.1, 0.15) is 12.4 Å². The van der Waals surface area contributed by atoms with E-state index in [1.807, 2.05) is 0 Å². The molecule has 0 saturated carbocycles. The van der Waals surface area contributed by atoms with Crippen LogP contribution < -0.4 is 15.4 Å². The van der Waals surface area contributed by atoms with Gasteiger partial charge in [-0.05, 0) is 61.3 Å². The first-order valence-electron chi connectivity index (χ1n) is 11.7. The van der Waals surface area contributed by atoms with Gasteiger partial charge in [-0.25, -0.2) is 0 Å². The highest BCUT2D eigenvalue weighted by atomic mass is 31.1. The maximum absolute atomic E-state index is 6.51. The second-order valence-electron chi connectivity index (χ2n) is 8.93. The van der Waals surface area contributed by atoms with Crippen molar-refractivity contribution in [1.82, 2.24) is 5.32 Å². The third kappa shape index (κ3) is 5.80. The number of nitrogens with one attached hydrogen (secondary N) is 1. The number of ether oxygens (including phenoxy) is 1. The van der Waals surface area contributed by atoms with Gasteiger partial charge in [0, 0.05) is 17.3 Å². The van der Waals surface area contributed by atoms with Gasteiger partial charge in [0.25, 0.3) is 0 Å². The van der Waals surface area contributed by atoms with Crippen LogP contribution in [-0.4, -0.2) is 6.54 Å². The molecule has 2 unspecified atom stereocenters. The van der Waals surface area contributed by atoms with Crippen molar-refractivity contribution in [3.8, 4) is 5.75 Å². The minimum Gasteiger partial charge on any atom is -0.488 e. The Labute approximate surface area is 196 Å². The van der Waals surface area contributed by atoms with Crippen molar-refractivity contribution in [2.24, 2.45) is 0 Å². The van der Waals surface area contributed by atoms with Crippen molar-refractivity contribution in [3.05, 3.63) is 94.0 Å². The van der Waals surface area contributed by atoms with E-state index in [1.165, 1.54) is 38.7 Å². The molecular formula is C29H38NOP. The first kappa shape index (κ1) is 24.5. The van der Waals surface area contributed by atoms with Crippen LogP contribution >= 0.6 is 8.58 Å². The van der Waals surface area contributed by atoms with Crippen molar-refractivity contribution in [3.63, 3.8) is 0 Å². The van der Waals surface area contributed by atoms with Crippen molar-refractivity contribution in [2.45, 2.75) is 66.3 Å². The summed E-state index contributed by atoms with van der Waals surface area (Å²) in [5.41, 5.74) is 7.86. The molecule has 0 aliphatic rings. The number of hydrogen-bond acceptors (Lipinski definition) is 2. The number of hydrogen-bond donors (Lipinski definition) is 1. The first-order valence-corrected chi connectivity index (χ1v) is 12.7. The van der Waals surface area contributed by atoms with Gasteiger partial charge in [-0.15, -0.1) is 0 Å². The quantitative estimate of drug-likeness (QED) is 0.340. The SMILES string of the molecule is CCNCc1cccc(C)c1PC(C)(CC)c1cc(C)cc(C)c1OCc1ccccc1. The van der Waals surface area contributed by atoms with Crippen molar-refractivity contribution >= 4 is 13.9 Å². The van der Waals surface area contributed by atoms with Crippen molar-refractivity contribution in [2.75, 3.05) is 6.54 Å². The fourth-order valence-electron chi connectivity index (χ4n) is 4.22. The Balaban J connectivity index is 2.01. The largest absolute Gasteiger partial charge is 0.488 e. The Morgan fingerprint density at radius 2 is 1.66 bits per heavy atom. The lowest BCUT2D eigenvalue weighted by molar-refractivity contribution is 0.297. The minimum atomic E-state index is 0.00980. The standard InChI is InChI=1S/C29H38NOP/c1-7-29(6,32-28-22(4)13-12-16-25(28)19-30-8-2)26-18-21(3)17-23(5)27(26)31-20-24-14-10-9-11-15-24/h9-18,30,32H,7-8,19-20H2,1-6H3. The topological polar surface area (TPSA) is 21.3 Å². The second kappa shape index (κ2) is 11.1. The molecule has 0 bridgehead atoms. The monoisotopic (exact) mass is 447 g/mol. The van der Waals surface area contributed by atoms with Crippen LogP contribution in [0.2, 0.25) is 0 Å². The molecule has 0 aromatic heterocycles. The molecule has 3 aromatic rings. The van der Waals surface area contributed by atoms with Crippen LogP contribution in [-0.2, 0) is 18.3 Å². The second-order valence-corrected chi connectivity index (χ2v) is 10.8. The Bertz CT molecular complexity index is 1030. The van der Waals surface area contributed by atoms with E-state index in [0.29, 0.717) is 15.2 Å². The molecule has 0 fully saturated rings. The van der Waals surface area contributed by atoms with Gasteiger partial charge in [0.2, 0.25) is 0 Å². The maximum Gasteiger partial charge on any atom is 0.126 e. The lowest BCUT2D eigenvalue weighted by atomic mass is 9.92. The van der Waals surface area contributed by atoms with Crippen LogP contribution in [0.25, 0.3) is 0 Å². The normalized spacial score (nSPS) is 13.4. The molecule has 0 saturated heterocycles. The number of benzene rings is 3. The van der Waals surface area contributed by atoms with Crippen LogP contribution in [0.3, 0.4) is 0 Å². The molecule has 0 radical (unpaired) electrons. The molecular weight excluding hydrogens is 409 g/mol. The maximum atomic E-state index is 6.51. The highest BCUT2D eigenvalue weighted by Gasteiger charge is 2.31. The molecule has 2 atom stereocenters. The highest BCUT2D eigenvalue weighted by Crippen LogP contribution is 2.49. The van der Waals surface area contributed by atoms with Crippen LogP contribution in [0.1, 0.15) is 60.6 Å². The summed E-state index contributed by atoms with van der Waals surface area (Å²) in [6.45, 7) is 16.0. The zero-order valence-electron chi connectivity index (χ0n) is 20.5. The number of rotatable bonds is 10. The summed E-state index contributed by atoms with van der Waals surface area (Å²) in [6, 6.07) is 21.8. The Morgan fingerprint density at radius 1 is 0.906 bits per heavy atom. The van der Waals surface area contributed by atoms with E-state index in [4.69, 9.17) is 4.74 Å². The van der Waals surface area contributed by atoms with Gasteiger partial charge in [0.15, 0.2) is 0 Å². The smallest absolute Gasteiger partial charge is 0.126 e. The van der Waals surface area contributed by atoms with E-state index in [1.54, 1.807) is 0 Å². The van der Waals surface area contributed by atoms with Crippen molar-refractivity contribution < 1.29 is 4.74 Å². The molecule has 32 heavy (non-hydrogen) atoms. The van der Waals surface area contributed by atoms with Gasteiger partial charge >= 0.3 is 0 Å². The Kier molecular flexibility index (Phi) is 8.51. The van der Waals surface area contributed by atoms with Crippen LogP contribution in [0, 0.1) is 20.8 Å². The Morgan fingerprint density at radius 3 is 2.34 bits per heavy atom. The zero-order valence-corrected chi connectivity index (χ0v) is 21.5. The highest BCUT2D eigenvalue weighted by molar-refractivity contribution is 7.48. The van der Waals surface area contributed by atoms with Crippen LogP contribution in [0.15, 0.2) is 60.7 Å². The molecule has 3 aromatic carbocycles. The summed E-state index contributed by atoms with van der Waals surface area (Å²) in [4.78, 5) is 0. The third-order valence-corrected chi connectivity index (χ3v) is 8.41. The van der Waals surface area contributed by atoms with Gasteiger partial charge in [-0.2, -0.15) is 0 Å². The van der Waals surface area contributed by atoms with Crippen LogP contribution in [0.5, 0.6) is 5.75 Å². The van der Waals surface area contributed by atoms with Gasteiger partial charge in [-0.1, -0.05) is 95.6 Å². The molecule has 2 nitrogen and oxygen atoms in total. The van der Waals surface area contributed by atoms with Gasteiger partial charge in [0.05, 0.1) is 0 Å². The van der Waals surface area contributed by atoms with E-state index in [9.17, 15) is 0 Å². The van der Waals surface area contributed by atoms with Gasteiger partial charge < -0.3 is 10.1 Å². The molecule has 0 aliphatic carbocycles. The summed E-state index contributed by atoms with van der Waals surface area (Å²) in [5, 5.41) is 5.02. The first-order chi connectivity index (χ1) is 15.4. The van der Waals surface area contributed by atoms with Gasteiger partial charge in [-0.3, -0.25) is 0 Å². The molecule has 3 rings (SSSR count). The summed E-state index contributed by atoms with van der Waals surface area (Å²) >= 11 is 0. The minimum absolute atomic E-state index is 0.00980. The van der Waals surface area contributed by atoms with Crippen molar-refractivity contribution in [1.29, 1.82) is 0 Å². The molecule has 0 heterocycles. The average Bonchev–Trinajstić information content (AvgIpc) is 2.79. The third-order valence-electron chi connectivity index (χ3n) is 6.27. The van der Waals surface area contributed by atoms with E-state index in [2.05, 4.69) is 108 Å².